The van der Waals surface area contributed by atoms with Gasteiger partial charge in [0, 0.05) is 18.0 Å². The molecule has 1 atom stereocenters. The highest BCUT2D eigenvalue weighted by atomic mass is 127. The lowest BCUT2D eigenvalue weighted by Crippen LogP contribution is -2.26. The number of guanidine groups is 1. The minimum atomic E-state index is -0.339. The maximum Gasteiger partial charge on any atom is 0.253 e. The molecule has 6 nitrogen and oxygen atoms in total. The van der Waals surface area contributed by atoms with Crippen molar-refractivity contribution in [2.45, 2.75) is 44.8 Å². The zero-order valence-corrected chi connectivity index (χ0v) is 18.6. The Hall–Kier alpha value is -2.13. The molecular weight excluding hydrogens is 479 g/mol. The molecule has 4 rings (SSSR count). The molecule has 7 heteroatoms. The number of hydrogen-bond acceptors (Lipinski definition) is 3. The number of hydrogen-bond donors (Lipinski definition) is 3. The van der Waals surface area contributed by atoms with Gasteiger partial charge in [-0.3, -0.25) is 4.79 Å². The fourth-order valence-electron chi connectivity index (χ4n) is 3.77. The van der Waals surface area contributed by atoms with Gasteiger partial charge in [-0.25, -0.2) is 4.99 Å². The van der Waals surface area contributed by atoms with Gasteiger partial charge in [-0.2, -0.15) is 0 Å². The van der Waals surface area contributed by atoms with Crippen LogP contribution < -0.4 is 16.4 Å². The van der Waals surface area contributed by atoms with Crippen molar-refractivity contribution in [2.75, 3.05) is 17.2 Å². The van der Waals surface area contributed by atoms with Crippen molar-refractivity contribution in [3.8, 4) is 0 Å². The van der Waals surface area contributed by atoms with E-state index in [1.807, 2.05) is 30.3 Å². The Morgan fingerprint density at radius 1 is 1.07 bits per heavy atom. The molecule has 4 N–H and O–H groups in total. The first-order valence-corrected chi connectivity index (χ1v) is 9.87. The van der Waals surface area contributed by atoms with Crippen LogP contribution >= 0.6 is 24.0 Å². The summed E-state index contributed by atoms with van der Waals surface area (Å²) in [5, 5.41) is 6.08. The molecule has 0 aromatic heterocycles. The first-order chi connectivity index (χ1) is 13.7. The van der Waals surface area contributed by atoms with E-state index in [1.165, 1.54) is 24.0 Å². The van der Waals surface area contributed by atoms with Gasteiger partial charge < -0.3 is 21.1 Å². The molecule has 1 saturated heterocycles. The summed E-state index contributed by atoms with van der Waals surface area (Å²) < 4.78 is 5.42. The number of carbonyl (C=O) groups is 1. The van der Waals surface area contributed by atoms with Crippen LogP contribution in [0.3, 0.4) is 0 Å². The van der Waals surface area contributed by atoms with Crippen LogP contribution in [0.15, 0.2) is 47.5 Å². The second kappa shape index (κ2) is 10.1. The van der Waals surface area contributed by atoms with E-state index in [9.17, 15) is 4.79 Å². The second-order valence-corrected chi connectivity index (χ2v) is 7.35. The molecule has 1 fully saturated rings. The third-order valence-corrected chi connectivity index (χ3v) is 5.22. The minimum Gasteiger partial charge on any atom is -0.370 e. The van der Waals surface area contributed by atoms with Gasteiger partial charge in [-0.05, 0) is 73.1 Å². The molecule has 2 aliphatic rings. The normalized spacial score (nSPS) is 18.1. The lowest BCUT2D eigenvalue weighted by molar-refractivity contribution is -0.124. The second-order valence-electron chi connectivity index (χ2n) is 7.35. The van der Waals surface area contributed by atoms with E-state index in [1.54, 1.807) is 0 Å². The summed E-state index contributed by atoms with van der Waals surface area (Å²) in [4.78, 5) is 16.6. The Balaban J connectivity index is 0.00000240. The van der Waals surface area contributed by atoms with Crippen molar-refractivity contribution in [1.29, 1.82) is 0 Å². The Labute approximate surface area is 188 Å². The van der Waals surface area contributed by atoms with Gasteiger partial charge in [0.05, 0.1) is 6.54 Å². The number of fused-ring (bicyclic) bond motifs is 1. The van der Waals surface area contributed by atoms with Crippen LogP contribution in [0.2, 0.25) is 0 Å². The standard InChI is InChI=1S/C22H26N4O2.HI/c23-22(26-19-10-9-16-5-2-6-17(16)13-19)24-14-15-4-1-7-18(12-15)25-21(27)20-8-3-11-28-20;/h1,4,7,9-10,12-13,20H,2-3,5-6,8,11,14H2,(H,25,27)(H3,23,24,26);1H. The molecule has 0 radical (unpaired) electrons. The van der Waals surface area contributed by atoms with E-state index < -0.39 is 0 Å². The number of benzene rings is 2. The minimum absolute atomic E-state index is 0. The van der Waals surface area contributed by atoms with Gasteiger partial charge in [0.2, 0.25) is 0 Å². The Morgan fingerprint density at radius 3 is 2.72 bits per heavy atom. The Kier molecular flexibility index (Phi) is 7.49. The summed E-state index contributed by atoms with van der Waals surface area (Å²) >= 11 is 0. The number of nitrogens with two attached hydrogens (primary N) is 1. The molecule has 0 bridgehead atoms. The summed E-state index contributed by atoms with van der Waals surface area (Å²) in [6, 6.07) is 14.0. The molecule has 2 aromatic carbocycles. The highest BCUT2D eigenvalue weighted by molar-refractivity contribution is 14.0. The number of halogens is 1. The van der Waals surface area contributed by atoms with Gasteiger partial charge >= 0.3 is 0 Å². The number of aryl methyl sites for hydroxylation is 2. The molecule has 0 saturated carbocycles. The van der Waals surface area contributed by atoms with Crippen molar-refractivity contribution < 1.29 is 9.53 Å². The molecular formula is C22H27IN4O2. The Morgan fingerprint density at radius 2 is 1.90 bits per heavy atom. The average molecular weight is 506 g/mol. The van der Waals surface area contributed by atoms with Gasteiger partial charge in [0.15, 0.2) is 5.96 Å². The third-order valence-electron chi connectivity index (χ3n) is 5.22. The smallest absolute Gasteiger partial charge is 0.253 e. The van der Waals surface area contributed by atoms with Crippen LogP contribution in [0, 0.1) is 0 Å². The van der Waals surface area contributed by atoms with Crippen LogP contribution in [0.5, 0.6) is 0 Å². The largest absolute Gasteiger partial charge is 0.370 e. The number of aliphatic imine (C=N–C) groups is 1. The monoisotopic (exact) mass is 506 g/mol. The van der Waals surface area contributed by atoms with Crippen LogP contribution in [0.25, 0.3) is 0 Å². The van der Waals surface area contributed by atoms with E-state index in [4.69, 9.17) is 10.5 Å². The zero-order chi connectivity index (χ0) is 19.3. The van der Waals surface area contributed by atoms with Crippen LogP contribution in [-0.2, 0) is 28.9 Å². The quantitative estimate of drug-likeness (QED) is 0.327. The molecule has 0 spiro atoms. The van der Waals surface area contributed by atoms with Crippen molar-refractivity contribution in [2.24, 2.45) is 10.7 Å². The molecule has 1 unspecified atom stereocenters. The van der Waals surface area contributed by atoms with Crippen molar-refractivity contribution >= 4 is 47.2 Å². The topological polar surface area (TPSA) is 88.7 Å². The fourth-order valence-corrected chi connectivity index (χ4v) is 3.77. The van der Waals surface area contributed by atoms with Crippen molar-refractivity contribution in [3.05, 3.63) is 59.2 Å². The maximum atomic E-state index is 12.2. The van der Waals surface area contributed by atoms with Gasteiger partial charge in [-0.1, -0.05) is 18.2 Å². The molecule has 1 aliphatic heterocycles. The molecule has 1 amide bonds. The number of nitrogens with zero attached hydrogens (tertiary/aromatic N) is 1. The lowest BCUT2D eigenvalue weighted by Gasteiger charge is -2.11. The van der Waals surface area contributed by atoms with Crippen LogP contribution in [0.4, 0.5) is 11.4 Å². The van der Waals surface area contributed by atoms with Gasteiger partial charge in [0.1, 0.15) is 6.10 Å². The van der Waals surface area contributed by atoms with Crippen LogP contribution in [-0.4, -0.2) is 24.6 Å². The number of carbonyl (C=O) groups excluding carboxylic acids is 1. The molecule has 1 aliphatic carbocycles. The number of amides is 1. The van der Waals surface area contributed by atoms with E-state index in [0.717, 1.165) is 36.2 Å². The number of anilines is 2. The van der Waals surface area contributed by atoms with E-state index in [0.29, 0.717) is 19.1 Å². The third kappa shape index (κ3) is 5.70. The summed E-state index contributed by atoms with van der Waals surface area (Å²) in [6.45, 7) is 1.09. The first-order valence-electron chi connectivity index (χ1n) is 9.87. The van der Waals surface area contributed by atoms with Crippen LogP contribution in [0.1, 0.15) is 36.0 Å². The number of ether oxygens (including phenoxy) is 1. The summed E-state index contributed by atoms with van der Waals surface area (Å²) in [5.41, 5.74) is 11.6. The SMILES string of the molecule is I.NC(=NCc1cccc(NC(=O)C2CCCO2)c1)Nc1ccc2c(c1)CCC2. The maximum absolute atomic E-state index is 12.2. The molecule has 29 heavy (non-hydrogen) atoms. The highest BCUT2D eigenvalue weighted by Gasteiger charge is 2.23. The zero-order valence-electron chi connectivity index (χ0n) is 16.3. The summed E-state index contributed by atoms with van der Waals surface area (Å²) in [6.07, 6.45) is 4.89. The van der Waals surface area contributed by atoms with Gasteiger partial charge in [0.25, 0.3) is 5.91 Å². The lowest BCUT2D eigenvalue weighted by atomic mass is 10.1. The molecule has 154 valence electrons. The van der Waals surface area contributed by atoms with Crippen molar-refractivity contribution in [1.82, 2.24) is 0 Å². The highest BCUT2D eigenvalue weighted by Crippen LogP contribution is 2.24. The van der Waals surface area contributed by atoms with Crippen molar-refractivity contribution in [3.63, 3.8) is 0 Å². The number of nitrogens with one attached hydrogen (secondary N) is 2. The fraction of sp³-hybridized carbons (Fsp3) is 0.364. The molecule has 2 aromatic rings. The first kappa shape index (κ1) is 21.6. The van der Waals surface area contributed by atoms with E-state index in [-0.39, 0.29) is 36.0 Å². The molecule has 1 heterocycles. The van der Waals surface area contributed by atoms with E-state index in [2.05, 4.69) is 27.8 Å². The van der Waals surface area contributed by atoms with E-state index >= 15 is 0 Å². The Bertz CT molecular complexity index is 894. The summed E-state index contributed by atoms with van der Waals surface area (Å²) in [7, 11) is 0. The predicted octanol–water partition coefficient (Wildman–Crippen LogP) is 3.84. The predicted molar refractivity (Wildman–Crippen MR) is 127 cm³/mol. The van der Waals surface area contributed by atoms with Gasteiger partial charge in [-0.15, -0.1) is 24.0 Å². The number of rotatable bonds is 5. The average Bonchev–Trinajstić information content (AvgIpc) is 3.38. The summed E-state index contributed by atoms with van der Waals surface area (Å²) in [5.74, 6) is 0.294.